The molecule has 34 heavy (non-hydrogen) atoms. The molecule has 4 rings (SSSR count). The number of aliphatic carboxylic acids is 1. The Morgan fingerprint density at radius 1 is 1.32 bits per heavy atom. The molecular weight excluding hydrogens is 456 g/mol. The van der Waals surface area contributed by atoms with Crippen LogP contribution >= 0.6 is 11.6 Å². The second kappa shape index (κ2) is 10.1. The van der Waals surface area contributed by atoms with Gasteiger partial charge in [-0.2, -0.15) is 5.10 Å². The fourth-order valence-corrected chi connectivity index (χ4v) is 4.82. The number of carboxylic acids is 1. The van der Waals surface area contributed by atoms with Crippen molar-refractivity contribution in [3.05, 3.63) is 41.6 Å². The molecule has 0 amide bonds. The molecule has 1 saturated heterocycles. The van der Waals surface area contributed by atoms with Gasteiger partial charge in [-0.1, -0.05) is 25.4 Å². The second-order valence-corrected chi connectivity index (χ2v) is 9.39. The maximum absolute atomic E-state index is 11.4. The second-order valence-electron chi connectivity index (χ2n) is 8.98. The van der Waals surface area contributed by atoms with Crippen molar-refractivity contribution in [2.45, 2.75) is 45.8 Å². The van der Waals surface area contributed by atoms with Crippen LogP contribution in [0.25, 0.3) is 0 Å². The van der Waals surface area contributed by atoms with Gasteiger partial charge in [0.2, 0.25) is 5.88 Å². The molecule has 2 aromatic rings. The molecule has 0 spiro atoms. The van der Waals surface area contributed by atoms with Crippen LogP contribution in [0.5, 0.6) is 11.6 Å². The van der Waals surface area contributed by atoms with Crippen LogP contribution in [-0.4, -0.2) is 54.0 Å². The summed E-state index contributed by atoms with van der Waals surface area (Å²) in [6.45, 7) is 7.35. The van der Waals surface area contributed by atoms with Crippen LogP contribution in [0, 0.1) is 11.8 Å². The van der Waals surface area contributed by atoms with E-state index in [0.717, 1.165) is 23.6 Å². The number of hydrazone groups is 1. The molecule has 1 aromatic heterocycles. The Labute approximate surface area is 209 Å². The maximum Gasteiger partial charge on any atom is 0.305 e. The van der Waals surface area contributed by atoms with E-state index < -0.39 is 13.0 Å². The molecule has 2 aliphatic rings. The van der Waals surface area contributed by atoms with Crippen LogP contribution in [0.4, 0.5) is 11.4 Å². The van der Waals surface area contributed by atoms with Gasteiger partial charge in [0.05, 0.1) is 46.2 Å². The molecule has 1 fully saturated rings. The number of halogens is 1. The first-order valence-corrected chi connectivity index (χ1v) is 11.7. The number of aromatic nitrogens is 1. The number of nitrogens with zero attached hydrogens (tertiary/aromatic N) is 4. The fraction of sp³-hybridized carbons (Fsp3) is 0.480. The number of pyridine rings is 1. The third kappa shape index (κ3) is 5.06. The van der Waals surface area contributed by atoms with Gasteiger partial charge < -0.3 is 19.5 Å². The highest BCUT2D eigenvalue weighted by Gasteiger charge is 2.34. The van der Waals surface area contributed by atoms with E-state index in [9.17, 15) is 9.90 Å². The summed E-state index contributed by atoms with van der Waals surface area (Å²) in [4.78, 5) is 17.4. The van der Waals surface area contributed by atoms with E-state index in [1.54, 1.807) is 11.1 Å². The van der Waals surface area contributed by atoms with Crippen LogP contribution in [-0.2, 0) is 4.79 Å². The van der Waals surface area contributed by atoms with Gasteiger partial charge in [0, 0.05) is 43.1 Å². The zero-order valence-electron chi connectivity index (χ0n) is 22.4. The summed E-state index contributed by atoms with van der Waals surface area (Å²) in [7, 11) is -2.59. The number of hydrogen-bond donors (Lipinski definition) is 1. The maximum atomic E-state index is 11.4. The van der Waals surface area contributed by atoms with E-state index >= 15 is 0 Å². The highest BCUT2D eigenvalue weighted by atomic mass is 35.5. The average molecular weight is 490 g/mol. The molecular formula is C25H31ClN4O4. The Hall–Kier alpha value is -3.00. The van der Waals surface area contributed by atoms with Crippen molar-refractivity contribution in [3.63, 3.8) is 0 Å². The van der Waals surface area contributed by atoms with Gasteiger partial charge in [-0.3, -0.25) is 9.80 Å². The highest BCUT2D eigenvalue weighted by Crippen LogP contribution is 2.34. The quantitative estimate of drug-likeness (QED) is 0.602. The van der Waals surface area contributed by atoms with Crippen LogP contribution in [0.2, 0.25) is 5.02 Å². The first kappa shape index (κ1) is 20.4. The standard InChI is InChI=1S/C25H31ClN4O4/c1-15-14-29(22-11-24(33-4)27-13-20(22)26)10-9-23(15)34-19-7-5-18(6-8-19)30-21(12-25(31)32)16(2)17(3)28-30/h5-8,11,13,15-16,21,23H,9-10,12,14H2,1-4H3,(H,31,32)/i4D3. The number of hydrogen-bond acceptors (Lipinski definition) is 7. The van der Waals surface area contributed by atoms with E-state index in [2.05, 4.69) is 21.9 Å². The Morgan fingerprint density at radius 2 is 2.09 bits per heavy atom. The molecule has 0 bridgehead atoms. The number of benzene rings is 1. The van der Waals surface area contributed by atoms with Crippen molar-refractivity contribution in [3.8, 4) is 11.6 Å². The SMILES string of the molecule is [2H]C([2H])([2H])Oc1cc(N2CCC(Oc3ccc(N4N=C(C)C(C)C4CC(=O)O)cc3)C(C)C2)c(Cl)cn1. The monoisotopic (exact) mass is 489 g/mol. The van der Waals surface area contributed by atoms with Gasteiger partial charge in [-0.15, -0.1) is 0 Å². The van der Waals surface area contributed by atoms with Gasteiger partial charge >= 0.3 is 5.97 Å². The van der Waals surface area contributed by atoms with E-state index in [0.29, 0.717) is 23.8 Å². The summed E-state index contributed by atoms with van der Waals surface area (Å²) < 4.78 is 33.1. The van der Waals surface area contributed by atoms with Crippen molar-refractivity contribution in [1.82, 2.24) is 4.98 Å². The Kier molecular flexibility index (Phi) is 6.05. The van der Waals surface area contributed by atoms with Crippen LogP contribution in [0.1, 0.15) is 37.7 Å². The van der Waals surface area contributed by atoms with Crippen LogP contribution < -0.4 is 19.4 Å². The first-order valence-electron chi connectivity index (χ1n) is 12.8. The lowest BCUT2D eigenvalue weighted by Gasteiger charge is -2.38. The molecule has 1 N–H and O–H groups in total. The summed E-state index contributed by atoms with van der Waals surface area (Å²) in [6, 6.07) is 8.92. The zero-order chi connectivity index (χ0) is 26.9. The molecule has 3 heterocycles. The Bertz CT molecular complexity index is 1160. The lowest BCUT2D eigenvalue weighted by molar-refractivity contribution is -0.137. The third-order valence-corrected chi connectivity index (χ3v) is 6.96. The normalized spacial score (nSPS) is 26.4. The summed E-state index contributed by atoms with van der Waals surface area (Å²) in [5, 5.41) is 16.1. The van der Waals surface area contributed by atoms with Crippen LogP contribution in [0.3, 0.4) is 0 Å². The molecule has 0 aliphatic carbocycles. The van der Waals surface area contributed by atoms with Crippen molar-refractivity contribution in [2.24, 2.45) is 16.9 Å². The largest absolute Gasteiger partial charge is 0.490 e. The number of carbonyl (C=O) groups is 1. The topological polar surface area (TPSA) is 87.5 Å². The predicted molar refractivity (Wildman–Crippen MR) is 133 cm³/mol. The summed E-state index contributed by atoms with van der Waals surface area (Å²) in [6.07, 6.45) is 2.14. The highest BCUT2D eigenvalue weighted by molar-refractivity contribution is 6.33. The third-order valence-electron chi connectivity index (χ3n) is 6.67. The lowest BCUT2D eigenvalue weighted by Crippen LogP contribution is -2.44. The van der Waals surface area contributed by atoms with Gasteiger partial charge in [0.25, 0.3) is 0 Å². The molecule has 4 atom stereocenters. The van der Waals surface area contributed by atoms with Gasteiger partial charge in [-0.05, 0) is 31.2 Å². The molecule has 2 aliphatic heterocycles. The zero-order valence-corrected chi connectivity index (χ0v) is 20.2. The van der Waals surface area contributed by atoms with E-state index in [-0.39, 0.29) is 36.3 Å². The number of ether oxygens (including phenoxy) is 2. The Balaban J connectivity index is 1.40. The van der Waals surface area contributed by atoms with Crippen molar-refractivity contribution in [1.29, 1.82) is 0 Å². The molecule has 1 aromatic carbocycles. The van der Waals surface area contributed by atoms with Crippen molar-refractivity contribution < 1.29 is 23.5 Å². The summed E-state index contributed by atoms with van der Waals surface area (Å²) in [5.74, 6) is 0.107. The number of rotatable bonds is 7. The van der Waals surface area contributed by atoms with E-state index in [1.165, 1.54) is 6.20 Å². The Morgan fingerprint density at radius 3 is 2.76 bits per heavy atom. The minimum Gasteiger partial charge on any atom is -0.490 e. The number of carboxylic acid groups (broad SMARTS) is 1. The summed E-state index contributed by atoms with van der Waals surface area (Å²) >= 11 is 6.36. The van der Waals surface area contributed by atoms with E-state index in [1.807, 2.05) is 38.1 Å². The molecule has 9 heteroatoms. The van der Waals surface area contributed by atoms with Crippen molar-refractivity contribution >= 4 is 34.7 Å². The van der Waals surface area contributed by atoms with Crippen molar-refractivity contribution in [2.75, 3.05) is 30.0 Å². The number of anilines is 2. The minimum absolute atomic E-state index is 0.00281. The first-order chi connectivity index (χ1) is 17.4. The average Bonchev–Trinajstić information content (AvgIpc) is 3.09. The number of piperidine rings is 1. The van der Waals surface area contributed by atoms with Gasteiger partial charge in [0.15, 0.2) is 0 Å². The van der Waals surface area contributed by atoms with Gasteiger partial charge in [-0.25, -0.2) is 4.98 Å². The molecule has 0 radical (unpaired) electrons. The van der Waals surface area contributed by atoms with Gasteiger partial charge in [0.1, 0.15) is 11.9 Å². The van der Waals surface area contributed by atoms with Crippen LogP contribution in [0.15, 0.2) is 41.6 Å². The molecule has 0 saturated carbocycles. The van der Waals surface area contributed by atoms with E-state index in [4.69, 9.17) is 25.2 Å². The fourth-order valence-electron chi connectivity index (χ4n) is 4.59. The molecule has 182 valence electrons. The lowest BCUT2D eigenvalue weighted by atomic mass is 9.95. The summed E-state index contributed by atoms with van der Waals surface area (Å²) in [5.41, 5.74) is 2.42. The predicted octanol–water partition coefficient (Wildman–Crippen LogP) is 4.71. The number of methoxy groups -OCH3 is 1. The smallest absolute Gasteiger partial charge is 0.305 e. The molecule has 4 unspecified atom stereocenters. The minimum atomic E-state index is -2.59. The molecule has 8 nitrogen and oxygen atoms in total.